The Bertz CT molecular complexity index is 2090. The number of H-pyrrole nitrogens is 2. The summed E-state index contributed by atoms with van der Waals surface area (Å²) < 4.78 is 36.9. The topological polar surface area (TPSA) is 191 Å². The van der Waals surface area contributed by atoms with Gasteiger partial charge in [0.1, 0.15) is 11.0 Å². The normalized spacial score (nSPS) is 26.2. The standard InChI is InChI=1S/C15H17ClN6O.C12H15F3N2O2.C5H2Cl2N4/c1-22(2)14(23)9-7-3-4-8(5-7)10(9)19-13-11-12(18-6-17-11)20-15(16)21-13;1-17(2)10(18)8-6-3-4-7(5-6)9(8)16-11(19)12(13,14)15;6-3-2-4(9-1-8-2)11-5(7)10-3/h3-4,6-10H,5H2,1-2H3,(H2,17,18,19,20,21);3-4,6-9H,5H2,1-2H3,(H,16,19);1H,(H,8,9,10,11). The highest BCUT2D eigenvalue weighted by Gasteiger charge is 2.52. The maximum absolute atomic E-state index is 12.6. The molecule has 8 atom stereocenters. The van der Waals surface area contributed by atoms with Crippen LogP contribution in [-0.4, -0.2) is 114 Å². The number of nitrogens with one attached hydrogen (secondary N) is 4. The number of aromatic nitrogens is 8. The number of anilines is 1. The Morgan fingerprint density at radius 1 is 0.717 bits per heavy atom. The molecule has 15 nitrogen and oxygen atoms in total. The Hall–Kier alpha value is -4.55. The monoisotopic (exact) mass is 796 g/mol. The number of nitrogens with zero attached hydrogens (tertiary/aromatic N) is 8. The van der Waals surface area contributed by atoms with Gasteiger partial charge in [-0.3, -0.25) is 14.4 Å². The first kappa shape index (κ1) is 38.2. The number of hydrogen-bond acceptors (Lipinski definition) is 10. The lowest BCUT2D eigenvalue weighted by atomic mass is 9.87. The molecule has 0 radical (unpaired) electrons. The lowest BCUT2D eigenvalue weighted by Crippen LogP contribution is -2.51. The first-order valence-corrected chi connectivity index (χ1v) is 17.5. The van der Waals surface area contributed by atoms with E-state index in [4.69, 9.17) is 34.8 Å². The Labute approximate surface area is 315 Å². The van der Waals surface area contributed by atoms with Gasteiger partial charge in [-0.05, 0) is 59.7 Å². The van der Waals surface area contributed by atoms with E-state index in [9.17, 15) is 27.6 Å². The number of allylic oxidation sites excluding steroid dienone is 2. The molecule has 8 unspecified atom stereocenters. The minimum atomic E-state index is -4.92. The molecule has 0 aromatic carbocycles. The zero-order valence-electron chi connectivity index (χ0n) is 28.6. The molecule has 2 fully saturated rings. The molecular weight excluding hydrogens is 764 g/mol. The van der Waals surface area contributed by atoms with Gasteiger partial charge in [-0.25, -0.2) is 15.0 Å². The molecule has 8 rings (SSSR count). The third kappa shape index (κ3) is 7.89. The first-order chi connectivity index (χ1) is 25.0. The van der Waals surface area contributed by atoms with Crippen LogP contribution in [0.3, 0.4) is 0 Å². The zero-order chi connectivity index (χ0) is 38.4. The van der Waals surface area contributed by atoms with E-state index in [0.29, 0.717) is 40.5 Å². The molecule has 4 aromatic rings. The van der Waals surface area contributed by atoms with Gasteiger partial charge in [0.15, 0.2) is 22.3 Å². The number of carbonyl (C=O) groups excluding carboxylic acids is 3. The number of halogens is 6. The van der Waals surface area contributed by atoms with Crippen LogP contribution in [0.15, 0.2) is 37.0 Å². The van der Waals surface area contributed by atoms with Crippen molar-refractivity contribution >= 4 is 80.7 Å². The summed E-state index contributed by atoms with van der Waals surface area (Å²) in [5.74, 6) is -1.85. The SMILES string of the molecule is CN(C)C(=O)C1C2C=CC(C2)C1NC(=O)C(F)(F)F.CN(C)C(=O)C1C2C=CC(C2)C1Nc1nc(Cl)nc2nc[nH]c12.Clc1nc(Cl)c2[nH]cnc2n1. The van der Waals surface area contributed by atoms with Crippen LogP contribution in [0, 0.1) is 35.5 Å². The Balaban J connectivity index is 0.000000144. The van der Waals surface area contributed by atoms with Gasteiger partial charge in [-0.2, -0.15) is 28.1 Å². The van der Waals surface area contributed by atoms with Gasteiger partial charge in [-0.15, -0.1) is 0 Å². The summed E-state index contributed by atoms with van der Waals surface area (Å²) in [7, 11) is 6.70. The molecule has 0 saturated heterocycles. The van der Waals surface area contributed by atoms with E-state index in [-0.39, 0.29) is 57.2 Å². The van der Waals surface area contributed by atoms with E-state index in [2.05, 4.69) is 57.3 Å². The molecule has 2 saturated carbocycles. The fourth-order valence-electron chi connectivity index (χ4n) is 7.38. The highest BCUT2D eigenvalue weighted by atomic mass is 35.5. The second-order valence-electron chi connectivity index (χ2n) is 13.4. The average Bonchev–Trinajstić information content (AvgIpc) is 3.94. The molecule has 21 heteroatoms. The quantitative estimate of drug-likeness (QED) is 0.129. The molecule has 3 amide bonds. The van der Waals surface area contributed by atoms with Crippen molar-refractivity contribution in [3.8, 4) is 0 Å². The molecule has 4 bridgehead atoms. The molecule has 53 heavy (non-hydrogen) atoms. The van der Waals surface area contributed by atoms with Crippen molar-refractivity contribution in [2.24, 2.45) is 35.5 Å². The summed E-state index contributed by atoms with van der Waals surface area (Å²) in [6.07, 6.45) is 7.73. The van der Waals surface area contributed by atoms with Crippen LogP contribution in [0.2, 0.25) is 15.7 Å². The fourth-order valence-corrected chi connectivity index (χ4v) is 7.97. The van der Waals surface area contributed by atoms with Crippen molar-refractivity contribution < 1.29 is 27.6 Å². The van der Waals surface area contributed by atoms with E-state index in [1.165, 1.54) is 11.2 Å². The van der Waals surface area contributed by atoms with Gasteiger partial charge in [-0.1, -0.05) is 35.9 Å². The van der Waals surface area contributed by atoms with Crippen molar-refractivity contribution in [3.05, 3.63) is 52.7 Å². The van der Waals surface area contributed by atoms with E-state index in [1.54, 1.807) is 45.5 Å². The summed E-state index contributed by atoms with van der Waals surface area (Å²) in [5, 5.41) is 5.93. The smallest absolute Gasteiger partial charge is 0.364 e. The summed E-state index contributed by atoms with van der Waals surface area (Å²) in [5.41, 5.74) is 2.31. The van der Waals surface area contributed by atoms with E-state index >= 15 is 0 Å². The summed E-state index contributed by atoms with van der Waals surface area (Å²) in [6, 6.07) is -0.767. The highest BCUT2D eigenvalue weighted by Crippen LogP contribution is 2.46. The van der Waals surface area contributed by atoms with Crippen LogP contribution in [-0.2, 0) is 14.4 Å². The van der Waals surface area contributed by atoms with E-state index in [0.717, 1.165) is 6.42 Å². The average molecular weight is 798 g/mol. The molecular formula is C32H34Cl3F3N12O3. The van der Waals surface area contributed by atoms with Gasteiger partial charge in [0, 0.05) is 40.3 Å². The largest absolute Gasteiger partial charge is 0.471 e. The highest BCUT2D eigenvalue weighted by molar-refractivity contribution is 6.35. The van der Waals surface area contributed by atoms with Crippen LogP contribution in [0.25, 0.3) is 22.3 Å². The van der Waals surface area contributed by atoms with E-state index in [1.807, 2.05) is 11.4 Å². The number of hydrogen-bond donors (Lipinski definition) is 4. The van der Waals surface area contributed by atoms with E-state index < -0.39 is 24.0 Å². The van der Waals surface area contributed by atoms with Gasteiger partial charge in [0.25, 0.3) is 0 Å². The van der Waals surface area contributed by atoms with Crippen molar-refractivity contribution in [1.82, 2.24) is 55.0 Å². The third-order valence-corrected chi connectivity index (χ3v) is 10.3. The predicted molar refractivity (Wildman–Crippen MR) is 190 cm³/mol. The van der Waals surface area contributed by atoms with Crippen LogP contribution < -0.4 is 10.6 Å². The van der Waals surface area contributed by atoms with Crippen molar-refractivity contribution in [2.45, 2.75) is 31.1 Å². The van der Waals surface area contributed by atoms with Crippen LogP contribution in [0.4, 0.5) is 19.0 Å². The first-order valence-electron chi connectivity index (χ1n) is 16.3. The molecule has 0 spiro atoms. The number of alkyl halides is 3. The zero-order valence-corrected chi connectivity index (χ0v) is 30.8. The minimum Gasteiger partial charge on any atom is -0.364 e. The van der Waals surface area contributed by atoms with Crippen LogP contribution >= 0.6 is 34.8 Å². The van der Waals surface area contributed by atoms with Crippen LogP contribution in [0.5, 0.6) is 0 Å². The lowest BCUT2D eigenvalue weighted by Gasteiger charge is -2.30. The Morgan fingerprint density at radius 3 is 1.74 bits per heavy atom. The molecule has 4 aliphatic rings. The molecule has 4 aliphatic carbocycles. The summed E-state index contributed by atoms with van der Waals surface area (Å²) >= 11 is 17.2. The Kier molecular flexibility index (Phi) is 10.8. The molecule has 4 N–H and O–H groups in total. The van der Waals surface area contributed by atoms with Crippen molar-refractivity contribution in [2.75, 3.05) is 33.5 Å². The van der Waals surface area contributed by atoms with Crippen LogP contribution in [0.1, 0.15) is 12.8 Å². The second kappa shape index (κ2) is 15.1. The summed E-state index contributed by atoms with van der Waals surface area (Å²) in [6.45, 7) is 0. The van der Waals surface area contributed by atoms with Crippen molar-refractivity contribution in [1.29, 1.82) is 0 Å². The maximum atomic E-state index is 12.6. The number of aromatic amines is 2. The van der Waals surface area contributed by atoms with Gasteiger partial charge in [0.05, 0.1) is 24.5 Å². The molecule has 4 heterocycles. The number of amides is 3. The number of rotatable bonds is 5. The molecule has 0 aliphatic heterocycles. The minimum absolute atomic E-state index is 0.00244. The van der Waals surface area contributed by atoms with Gasteiger partial charge < -0.3 is 30.4 Å². The van der Waals surface area contributed by atoms with Gasteiger partial charge >= 0.3 is 12.1 Å². The number of imidazole rings is 2. The number of fused-ring (bicyclic) bond motifs is 6. The Morgan fingerprint density at radius 2 is 1.19 bits per heavy atom. The lowest BCUT2D eigenvalue weighted by molar-refractivity contribution is -0.175. The maximum Gasteiger partial charge on any atom is 0.471 e. The molecule has 4 aromatic heterocycles. The van der Waals surface area contributed by atoms with Gasteiger partial charge in [0.2, 0.25) is 22.4 Å². The van der Waals surface area contributed by atoms with Crippen molar-refractivity contribution in [3.63, 3.8) is 0 Å². The number of carbonyl (C=O) groups is 3. The second-order valence-corrected chi connectivity index (χ2v) is 14.4. The summed E-state index contributed by atoms with van der Waals surface area (Å²) in [4.78, 5) is 68.4. The fraction of sp³-hybridized carbons (Fsp3) is 0.469. The predicted octanol–water partition coefficient (Wildman–Crippen LogP) is 4.30. The molecule has 282 valence electrons. The third-order valence-electron chi connectivity index (χ3n) is 9.70.